The van der Waals surface area contributed by atoms with Crippen molar-refractivity contribution < 1.29 is 14.7 Å². The number of anilines is 1. The molecule has 0 atom stereocenters. The van der Waals surface area contributed by atoms with E-state index in [9.17, 15) is 9.59 Å². The Balaban J connectivity index is 2.30. The van der Waals surface area contributed by atoms with Gasteiger partial charge in [0.05, 0.1) is 5.56 Å². The molecule has 0 aliphatic carbocycles. The van der Waals surface area contributed by atoms with Gasteiger partial charge in [-0.15, -0.1) is 0 Å². The highest BCUT2D eigenvalue weighted by molar-refractivity contribution is 6.32. The molecule has 0 heterocycles. The van der Waals surface area contributed by atoms with Crippen LogP contribution in [0.25, 0.3) is 0 Å². The molecule has 0 saturated carbocycles. The Morgan fingerprint density at radius 1 is 1.10 bits per heavy atom. The summed E-state index contributed by atoms with van der Waals surface area (Å²) in [6.45, 7) is 3.46. The molecule has 0 aromatic heterocycles. The van der Waals surface area contributed by atoms with Gasteiger partial charge in [0.2, 0.25) is 0 Å². The van der Waals surface area contributed by atoms with E-state index in [0.29, 0.717) is 27.4 Å². The third kappa shape index (κ3) is 3.23. The lowest BCUT2D eigenvalue weighted by Crippen LogP contribution is -2.14. The second-order valence-electron chi connectivity index (χ2n) is 4.70. The highest BCUT2D eigenvalue weighted by Gasteiger charge is 2.13. The van der Waals surface area contributed by atoms with Gasteiger partial charge in [-0.1, -0.05) is 23.7 Å². The van der Waals surface area contributed by atoms with Gasteiger partial charge in [0.1, 0.15) is 0 Å². The highest BCUT2D eigenvalue weighted by Crippen LogP contribution is 2.21. The number of hydrogen-bond donors (Lipinski definition) is 2. The van der Waals surface area contributed by atoms with Crippen LogP contribution in [-0.4, -0.2) is 17.0 Å². The van der Waals surface area contributed by atoms with Crippen LogP contribution >= 0.6 is 11.6 Å². The SMILES string of the molecule is Cc1ccc(NC(=O)c2cccc(Cl)c2C)cc1C(=O)O. The molecule has 2 rings (SSSR count). The minimum atomic E-state index is -1.03. The van der Waals surface area contributed by atoms with Crippen LogP contribution in [0.5, 0.6) is 0 Å². The molecule has 2 aromatic rings. The number of amides is 1. The van der Waals surface area contributed by atoms with Crippen molar-refractivity contribution in [2.45, 2.75) is 13.8 Å². The van der Waals surface area contributed by atoms with E-state index in [4.69, 9.17) is 16.7 Å². The van der Waals surface area contributed by atoms with E-state index in [0.717, 1.165) is 0 Å². The van der Waals surface area contributed by atoms with Crippen LogP contribution in [0.4, 0.5) is 5.69 Å². The summed E-state index contributed by atoms with van der Waals surface area (Å²) in [4.78, 5) is 23.3. The van der Waals surface area contributed by atoms with Gasteiger partial charge in [0, 0.05) is 16.3 Å². The van der Waals surface area contributed by atoms with E-state index in [2.05, 4.69) is 5.32 Å². The maximum atomic E-state index is 12.2. The molecule has 0 aliphatic rings. The van der Waals surface area contributed by atoms with Crippen LogP contribution in [0.1, 0.15) is 31.8 Å². The van der Waals surface area contributed by atoms with Crippen molar-refractivity contribution in [3.05, 3.63) is 63.7 Å². The number of carbonyl (C=O) groups excluding carboxylic acids is 1. The molecule has 0 bridgehead atoms. The summed E-state index contributed by atoms with van der Waals surface area (Å²) >= 11 is 5.99. The minimum absolute atomic E-state index is 0.163. The summed E-state index contributed by atoms with van der Waals surface area (Å²) in [5, 5.41) is 12.3. The Kier molecular flexibility index (Phi) is 4.29. The monoisotopic (exact) mass is 303 g/mol. The summed E-state index contributed by atoms with van der Waals surface area (Å²) in [6, 6.07) is 9.84. The van der Waals surface area contributed by atoms with E-state index >= 15 is 0 Å². The molecule has 0 radical (unpaired) electrons. The van der Waals surface area contributed by atoms with Crippen molar-refractivity contribution >= 4 is 29.2 Å². The molecule has 2 N–H and O–H groups in total. The van der Waals surface area contributed by atoms with Gasteiger partial charge >= 0.3 is 5.97 Å². The topological polar surface area (TPSA) is 66.4 Å². The van der Waals surface area contributed by atoms with Crippen LogP contribution in [0.15, 0.2) is 36.4 Å². The lowest BCUT2D eigenvalue weighted by molar-refractivity contribution is 0.0695. The number of carboxylic acid groups (broad SMARTS) is 1. The van der Waals surface area contributed by atoms with E-state index in [1.807, 2.05) is 0 Å². The van der Waals surface area contributed by atoms with Crippen LogP contribution in [0.2, 0.25) is 5.02 Å². The molecule has 0 spiro atoms. The lowest BCUT2D eigenvalue weighted by atomic mass is 10.1. The van der Waals surface area contributed by atoms with Gasteiger partial charge in [0.15, 0.2) is 0 Å². The number of aryl methyl sites for hydroxylation is 1. The first-order valence-electron chi connectivity index (χ1n) is 6.30. The summed E-state index contributed by atoms with van der Waals surface area (Å²) < 4.78 is 0. The number of rotatable bonds is 3. The zero-order chi connectivity index (χ0) is 15.6. The average molecular weight is 304 g/mol. The van der Waals surface area contributed by atoms with Gasteiger partial charge < -0.3 is 10.4 Å². The van der Waals surface area contributed by atoms with Gasteiger partial charge in [-0.2, -0.15) is 0 Å². The summed E-state index contributed by atoms with van der Waals surface area (Å²) in [5.41, 5.74) is 2.37. The molecule has 0 fully saturated rings. The molecule has 0 aliphatic heterocycles. The van der Waals surface area contributed by atoms with Crippen molar-refractivity contribution in [2.24, 2.45) is 0 Å². The number of carbonyl (C=O) groups is 2. The van der Waals surface area contributed by atoms with Crippen LogP contribution in [-0.2, 0) is 0 Å². The molecule has 2 aromatic carbocycles. The van der Waals surface area contributed by atoms with Crippen molar-refractivity contribution in [1.29, 1.82) is 0 Å². The number of nitrogens with one attached hydrogen (secondary N) is 1. The van der Waals surface area contributed by atoms with Gasteiger partial charge in [-0.25, -0.2) is 4.79 Å². The third-order valence-corrected chi connectivity index (χ3v) is 3.65. The van der Waals surface area contributed by atoms with Crippen LogP contribution in [0.3, 0.4) is 0 Å². The Bertz CT molecular complexity index is 725. The number of halogens is 1. The molecule has 5 heteroatoms. The van der Waals surface area contributed by atoms with Gasteiger partial charge in [-0.05, 0) is 49.2 Å². The predicted octanol–water partition coefficient (Wildman–Crippen LogP) is 3.91. The molecule has 0 saturated heterocycles. The van der Waals surface area contributed by atoms with E-state index in [1.165, 1.54) is 6.07 Å². The van der Waals surface area contributed by atoms with Crippen LogP contribution in [0, 0.1) is 13.8 Å². The Morgan fingerprint density at radius 2 is 1.81 bits per heavy atom. The van der Waals surface area contributed by atoms with Crippen LogP contribution < -0.4 is 5.32 Å². The maximum absolute atomic E-state index is 12.2. The second kappa shape index (κ2) is 5.97. The lowest BCUT2D eigenvalue weighted by Gasteiger charge is -2.10. The van der Waals surface area contributed by atoms with E-state index in [1.54, 1.807) is 44.2 Å². The molecule has 21 heavy (non-hydrogen) atoms. The zero-order valence-electron chi connectivity index (χ0n) is 11.6. The van der Waals surface area contributed by atoms with E-state index in [-0.39, 0.29) is 11.5 Å². The Labute approximate surface area is 127 Å². The van der Waals surface area contributed by atoms with Crippen molar-refractivity contribution in [2.75, 3.05) is 5.32 Å². The number of hydrogen-bond acceptors (Lipinski definition) is 2. The normalized spacial score (nSPS) is 10.2. The first kappa shape index (κ1) is 15.1. The molecule has 1 amide bonds. The quantitative estimate of drug-likeness (QED) is 0.903. The zero-order valence-corrected chi connectivity index (χ0v) is 12.4. The largest absolute Gasteiger partial charge is 0.478 e. The van der Waals surface area contributed by atoms with E-state index < -0.39 is 5.97 Å². The average Bonchev–Trinajstić information content (AvgIpc) is 2.43. The first-order chi connectivity index (χ1) is 9.90. The fraction of sp³-hybridized carbons (Fsp3) is 0.125. The van der Waals surface area contributed by atoms with Crippen molar-refractivity contribution in [1.82, 2.24) is 0 Å². The highest BCUT2D eigenvalue weighted by atomic mass is 35.5. The maximum Gasteiger partial charge on any atom is 0.336 e. The first-order valence-corrected chi connectivity index (χ1v) is 6.68. The van der Waals surface area contributed by atoms with Gasteiger partial charge in [-0.3, -0.25) is 4.79 Å². The summed E-state index contributed by atoms with van der Waals surface area (Å²) in [6.07, 6.45) is 0. The molecular formula is C16H14ClNO3. The Hall–Kier alpha value is -2.33. The molecule has 108 valence electrons. The number of carboxylic acids is 1. The number of aromatic carboxylic acids is 1. The smallest absolute Gasteiger partial charge is 0.336 e. The van der Waals surface area contributed by atoms with Gasteiger partial charge in [0.25, 0.3) is 5.91 Å². The standard InChI is InChI=1S/C16H14ClNO3/c1-9-6-7-11(8-13(9)16(20)21)18-15(19)12-4-3-5-14(17)10(12)2/h3-8H,1-2H3,(H,18,19)(H,20,21). The van der Waals surface area contributed by atoms with Crippen molar-refractivity contribution in [3.63, 3.8) is 0 Å². The molecule has 0 unspecified atom stereocenters. The fourth-order valence-electron chi connectivity index (χ4n) is 1.98. The van der Waals surface area contributed by atoms with Crippen molar-refractivity contribution in [3.8, 4) is 0 Å². The number of benzene rings is 2. The summed E-state index contributed by atoms with van der Waals surface area (Å²) in [5.74, 6) is -1.35. The Morgan fingerprint density at radius 3 is 2.48 bits per heavy atom. The fourth-order valence-corrected chi connectivity index (χ4v) is 2.16. The third-order valence-electron chi connectivity index (χ3n) is 3.24. The second-order valence-corrected chi connectivity index (χ2v) is 5.11. The molecular weight excluding hydrogens is 290 g/mol. The predicted molar refractivity (Wildman–Crippen MR) is 82.3 cm³/mol. The molecule has 4 nitrogen and oxygen atoms in total. The summed E-state index contributed by atoms with van der Waals surface area (Å²) in [7, 11) is 0. The minimum Gasteiger partial charge on any atom is -0.478 e.